The Morgan fingerprint density at radius 2 is 2.05 bits per heavy atom. The number of nitrogens with one attached hydrogen (secondary N) is 1. The van der Waals surface area contributed by atoms with E-state index in [0.717, 1.165) is 23.7 Å². The van der Waals surface area contributed by atoms with E-state index in [2.05, 4.69) is 37.3 Å². The summed E-state index contributed by atoms with van der Waals surface area (Å²) in [5, 5.41) is 3.05. The van der Waals surface area contributed by atoms with Gasteiger partial charge in [-0.25, -0.2) is 9.97 Å². The van der Waals surface area contributed by atoms with Crippen LogP contribution in [-0.2, 0) is 13.1 Å². The molecule has 1 aliphatic rings. The first-order chi connectivity index (χ1) is 9.34. The third-order valence-electron chi connectivity index (χ3n) is 3.09. The van der Waals surface area contributed by atoms with Gasteiger partial charge in [-0.1, -0.05) is 30.3 Å². The summed E-state index contributed by atoms with van der Waals surface area (Å²) < 4.78 is 0. The number of aromatic nitrogens is 2. The summed E-state index contributed by atoms with van der Waals surface area (Å²) in [6.07, 6.45) is 3.26. The molecule has 96 valence electrons. The number of benzene rings is 1. The molecule has 1 aromatic carbocycles. The van der Waals surface area contributed by atoms with E-state index in [-0.39, 0.29) is 0 Å². The number of hydrogen-bond acceptors (Lipinski definition) is 5. The highest BCUT2D eigenvalue weighted by Crippen LogP contribution is 2.25. The quantitative estimate of drug-likeness (QED) is 0.909. The first-order valence-electron chi connectivity index (χ1n) is 6.18. The fraction of sp³-hybridized carbons (Fsp3) is 0.214. The van der Waals surface area contributed by atoms with Crippen molar-refractivity contribution in [3.05, 3.63) is 47.8 Å². The molecule has 1 aliphatic heterocycles. The second kappa shape index (κ2) is 5.06. The van der Waals surface area contributed by atoms with Crippen LogP contribution in [0.25, 0.3) is 0 Å². The van der Waals surface area contributed by atoms with Gasteiger partial charge < -0.3 is 10.2 Å². The van der Waals surface area contributed by atoms with Crippen LogP contribution < -0.4 is 10.2 Å². The van der Waals surface area contributed by atoms with E-state index in [1.165, 1.54) is 5.56 Å². The molecule has 0 spiro atoms. The highest BCUT2D eigenvalue weighted by molar-refractivity contribution is 5.79. The van der Waals surface area contributed by atoms with Crippen LogP contribution in [0.5, 0.6) is 0 Å². The Bertz CT molecular complexity index is 594. The lowest BCUT2D eigenvalue weighted by molar-refractivity contribution is 0.865. The molecule has 0 amide bonds. The maximum atomic E-state index is 4.39. The molecule has 5 nitrogen and oxygen atoms in total. The summed E-state index contributed by atoms with van der Waals surface area (Å²) in [4.78, 5) is 15.0. The van der Waals surface area contributed by atoms with Crippen LogP contribution in [0.1, 0.15) is 11.1 Å². The molecule has 0 aliphatic carbocycles. The predicted molar refractivity (Wildman–Crippen MR) is 76.4 cm³/mol. The van der Waals surface area contributed by atoms with Gasteiger partial charge in [-0.2, -0.15) is 0 Å². The summed E-state index contributed by atoms with van der Waals surface area (Å²) in [6, 6.07) is 10.3. The summed E-state index contributed by atoms with van der Waals surface area (Å²) in [7, 11) is 2.04. The Morgan fingerprint density at radius 1 is 1.21 bits per heavy atom. The smallest absolute Gasteiger partial charge is 0.141 e. The standard InChI is InChI=1S/C14H15N5/c1-19(8-11-5-3-2-4-6-11)14-12-7-15-9-16-13(12)17-10-18-14/h2-6,9-10H,7-8H2,1H3,(H,15,16,17,18). The fourth-order valence-electron chi connectivity index (χ4n) is 2.18. The van der Waals surface area contributed by atoms with Gasteiger partial charge in [0.05, 0.1) is 18.4 Å². The van der Waals surface area contributed by atoms with Crippen LogP contribution in [0.2, 0.25) is 0 Å². The molecule has 0 saturated heterocycles. The van der Waals surface area contributed by atoms with Crippen LogP contribution in [0, 0.1) is 0 Å². The van der Waals surface area contributed by atoms with Crippen molar-refractivity contribution in [3.63, 3.8) is 0 Å². The van der Waals surface area contributed by atoms with Gasteiger partial charge in [-0.15, -0.1) is 0 Å². The van der Waals surface area contributed by atoms with Crippen molar-refractivity contribution in [1.29, 1.82) is 0 Å². The van der Waals surface area contributed by atoms with Gasteiger partial charge in [-0.05, 0) is 5.56 Å². The molecule has 1 aromatic heterocycles. The lowest BCUT2D eigenvalue weighted by Gasteiger charge is -2.23. The third kappa shape index (κ3) is 2.40. The van der Waals surface area contributed by atoms with E-state index in [4.69, 9.17) is 0 Å². The topological polar surface area (TPSA) is 53.4 Å². The summed E-state index contributed by atoms with van der Waals surface area (Å²) in [5.41, 5.74) is 2.30. The molecule has 2 aromatic rings. The molecule has 1 N–H and O–H groups in total. The maximum Gasteiger partial charge on any atom is 0.141 e. The van der Waals surface area contributed by atoms with Gasteiger partial charge in [0.15, 0.2) is 0 Å². The first-order valence-corrected chi connectivity index (χ1v) is 6.18. The molecule has 0 fully saturated rings. The van der Waals surface area contributed by atoms with E-state index >= 15 is 0 Å². The van der Waals surface area contributed by atoms with E-state index in [9.17, 15) is 0 Å². The fourth-order valence-corrected chi connectivity index (χ4v) is 2.18. The van der Waals surface area contributed by atoms with Gasteiger partial charge in [-0.3, -0.25) is 4.99 Å². The number of rotatable bonds is 3. The lowest BCUT2D eigenvalue weighted by atomic mass is 10.2. The minimum Gasteiger partial charge on any atom is -0.355 e. The molecule has 5 heteroatoms. The number of hydrogen-bond donors (Lipinski definition) is 1. The molecule has 0 atom stereocenters. The van der Waals surface area contributed by atoms with Crippen LogP contribution in [0.3, 0.4) is 0 Å². The van der Waals surface area contributed by atoms with Crippen molar-refractivity contribution in [3.8, 4) is 0 Å². The van der Waals surface area contributed by atoms with Crippen LogP contribution in [-0.4, -0.2) is 23.4 Å². The van der Waals surface area contributed by atoms with Gasteiger partial charge in [0.1, 0.15) is 18.0 Å². The SMILES string of the molecule is CN(Cc1ccccc1)c1ncnc2c1CN=CN2. The van der Waals surface area contributed by atoms with Gasteiger partial charge in [0.25, 0.3) is 0 Å². The maximum absolute atomic E-state index is 4.39. The Hall–Kier alpha value is -2.43. The average Bonchev–Trinajstić information content (AvgIpc) is 2.47. The van der Waals surface area contributed by atoms with Crippen molar-refractivity contribution in [2.75, 3.05) is 17.3 Å². The summed E-state index contributed by atoms with van der Waals surface area (Å²) in [6.45, 7) is 1.44. The highest BCUT2D eigenvalue weighted by Gasteiger charge is 2.16. The second-order valence-electron chi connectivity index (χ2n) is 4.48. The number of aliphatic imine (C=N–C) groups is 1. The molecular weight excluding hydrogens is 238 g/mol. The molecule has 3 rings (SSSR count). The van der Waals surface area contributed by atoms with Crippen molar-refractivity contribution in [1.82, 2.24) is 9.97 Å². The van der Waals surface area contributed by atoms with E-state index in [1.807, 2.05) is 25.2 Å². The van der Waals surface area contributed by atoms with Crippen LogP contribution in [0.4, 0.5) is 11.6 Å². The molecule has 0 saturated carbocycles. The second-order valence-corrected chi connectivity index (χ2v) is 4.48. The number of fused-ring (bicyclic) bond motifs is 1. The van der Waals surface area contributed by atoms with Crippen LogP contribution >= 0.6 is 0 Å². The monoisotopic (exact) mass is 253 g/mol. The molecular formula is C14H15N5. The Morgan fingerprint density at radius 3 is 2.89 bits per heavy atom. The van der Waals surface area contributed by atoms with Crippen molar-refractivity contribution < 1.29 is 0 Å². The normalized spacial score (nSPS) is 12.7. The molecule has 0 unspecified atom stereocenters. The summed E-state index contributed by atoms with van der Waals surface area (Å²) in [5.74, 6) is 1.78. The zero-order valence-corrected chi connectivity index (χ0v) is 10.7. The van der Waals surface area contributed by atoms with Crippen molar-refractivity contribution in [2.24, 2.45) is 4.99 Å². The molecule has 0 radical (unpaired) electrons. The number of anilines is 2. The minimum atomic E-state index is 0.623. The largest absolute Gasteiger partial charge is 0.355 e. The average molecular weight is 253 g/mol. The van der Waals surface area contributed by atoms with E-state index in [0.29, 0.717) is 6.54 Å². The first kappa shape index (κ1) is 11.6. The van der Waals surface area contributed by atoms with E-state index < -0.39 is 0 Å². The summed E-state index contributed by atoms with van der Waals surface area (Å²) >= 11 is 0. The third-order valence-corrected chi connectivity index (χ3v) is 3.09. The Balaban J connectivity index is 1.87. The minimum absolute atomic E-state index is 0.623. The molecule has 2 heterocycles. The van der Waals surface area contributed by atoms with Crippen molar-refractivity contribution >= 4 is 18.0 Å². The lowest BCUT2D eigenvalue weighted by Crippen LogP contribution is -2.21. The zero-order chi connectivity index (χ0) is 13.1. The highest BCUT2D eigenvalue weighted by atomic mass is 15.2. The Kier molecular flexibility index (Phi) is 3.10. The van der Waals surface area contributed by atoms with Crippen LogP contribution in [0.15, 0.2) is 41.7 Å². The Labute approximate surface area is 112 Å². The van der Waals surface area contributed by atoms with Gasteiger partial charge in [0.2, 0.25) is 0 Å². The van der Waals surface area contributed by atoms with Gasteiger partial charge in [0, 0.05) is 13.6 Å². The molecule has 0 bridgehead atoms. The predicted octanol–water partition coefficient (Wildman–Crippen LogP) is 2.07. The number of nitrogens with zero attached hydrogens (tertiary/aromatic N) is 4. The van der Waals surface area contributed by atoms with E-state index in [1.54, 1.807) is 12.7 Å². The zero-order valence-electron chi connectivity index (χ0n) is 10.7. The van der Waals surface area contributed by atoms with Crippen molar-refractivity contribution in [2.45, 2.75) is 13.1 Å². The molecule has 19 heavy (non-hydrogen) atoms. The van der Waals surface area contributed by atoms with Gasteiger partial charge >= 0.3 is 0 Å².